The van der Waals surface area contributed by atoms with E-state index < -0.39 is 0 Å². The highest BCUT2D eigenvalue weighted by molar-refractivity contribution is 7.80. The minimum atomic E-state index is 0.703. The Morgan fingerprint density at radius 2 is 1.41 bits per heavy atom. The molecule has 22 heavy (non-hydrogen) atoms. The van der Waals surface area contributed by atoms with Gasteiger partial charge < -0.3 is 0 Å². The van der Waals surface area contributed by atoms with Gasteiger partial charge in [-0.15, -0.1) is 0 Å². The summed E-state index contributed by atoms with van der Waals surface area (Å²) in [5.41, 5.74) is 1.39. The van der Waals surface area contributed by atoms with Crippen molar-refractivity contribution < 1.29 is 0 Å². The smallest absolute Gasteiger partial charge is 0.0406 e. The third kappa shape index (κ3) is 9.79. The molecule has 0 saturated carbocycles. The van der Waals surface area contributed by atoms with Crippen molar-refractivity contribution in [2.45, 2.75) is 77.6 Å². The van der Waals surface area contributed by atoms with Crippen LogP contribution in [-0.4, -0.2) is 5.75 Å². The van der Waals surface area contributed by atoms with Crippen LogP contribution in [0.15, 0.2) is 24.3 Å². The summed E-state index contributed by atoms with van der Waals surface area (Å²) in [5, 5.41) is 0.824. The van der Waals surface area contributed by atoms with Gasteiger partial charge >= 0.3 is 0 Å². The van der Waals surface area contributed by atoms with Gasteiger partial charge in [0.2, 0.25) is 0 Å². The number of thiol groups is 1. The quantitative estimate of drug-likeness (QED) is 0.281. The zero-order chi connectivity index (χ0) is 16.0. The highest BCUT2D eigenvalue weighted by Gasteiger charge is 2.08. The lowest BCUT2D eigenvalue weighted by Gasteiger charge is -2.14. The number of rotatable bonds is 13. The van der Waals surface area contributed by atoms with Gasteiger partial charge in [0.1, 0.15) is 0 Å². The second kappa shape index (κ2) is 13.3. The molecule has 0 aromatic heterocycles. The number of hydrogen-bond donors (Lipinski definition) is 1. The van der Waals surface area contributed by atoms with E-state index in [9.17, 15) is 0 Å². The molecule has 1 rings (SSSR count). The fraction of sp³-hybridized carbons (Fsp3) is 0.700. The van der Waals surface area contributed by atoms with E-state index in [1.165, 1.54) is 69.8 Å². The molecule has 0 N–H and O–H groups in total. The topological polar surface area (TPSA) is 0 Å². The zero-order valence-corrected chi connectivity index (χ0v) is 15.8. The molecule has 1 atom stereocenters. The van der Waals surface area contributed by atoms with Crippen molar-refractivity contribution in [1.82, 2.24) is 0 Å². The minimum absolute atomic E-state index is 0.703. The molecule has 1 unspecified atom stereocenters. The molecule has 0 aliphatic carbocycles. The summed E-state index contributed by atoms with van der Waals surface area (Å²) in [6.45, 7) is 2.28. The van der Waals surface area contributed by atoms with Crippen LogP contribution in [0.1, 0.15) is 76.7 Å². The molecule has 1 aromatic carbocycles. The van der Waals surface area contributed by atoms with Gasteiger partial charge in [0, 0.05) is 5.02 Å². The van der Waals surface area contributed by atoms with Crippen LogP contribution in [0.25, 0.3) is 0 Å². The van der Waals surface area contributed by atoms with Crippen molar-refractivity contribution in [3.8, 4) is 0 Å². The Balaban J connectivity index is 2.05. The highest BCUT2D eigenvalue weighted by Crippen LogP contribution is 2.20. The molecule has 0 bridgehead atoms. The molecule has 0 radical (unpaired) electrons. The van der Waals surface area contributed by atoms with E-state index >= 15 is 0 Å². The molecule has 0 saturated heterocycles. The molecule has 0 spiro atoms. The third-order valence-corrected chi connectivity index (χ3v) is 5.18. The number of benzene rings is 1. The summed E-state index contributed by atoms with van der Waals surface area (Å²) in [7, 11) is 0. The monoisotopic (exact) mass is 340 g/mol. The maximum atomic E-state index is 5.94. The Morgan fingerprint density at radius 3 is 1.95 bits per heavy atom. The molecule has 0 aliphatic heterocycles. The molecular formula is C20H33ClS. The fourth-order valence-electron chi connectivity index (χ4n) is 2.96. The van der Waals surface area contributed by atoms with Crippen molar-refractivity contribution in [2.75, 3.05) is 5.75 Å². The summed E-state index contributed by atoms with van der Waals surface area (Å²) in [6.07, 6.45) is 15.1. The molecule has 0 heterocycles. The lowest BCUT2D eigenvalue weighted by atomic mass is 9.95. The van der Waals surface area contributed by atoms with E-state index in [1.54, 1.807) is 0 Å². The zero-order valence-electron chi connectivity index (χ0n) is 14.2. The average molecular weight is 341 g/mol. The van der Waals surface area contributed by atoms with Crippen LogP contribution in [0.4, 0.5) is 0 Å². The van der Waals surface area contributed by atoms with Gasteiger partial charge in [-0.05, 0) is 42.2 Å². The van der Waals surface area contributed by atoms with Crippen LogP contribution in [0.3, 0.4) is 0 Å². The molecular weight excluding hydrogens is 308 g/mol. The summed E-state index contributed by atoms with van der Waals surface area (Å²) in [4.78, 5) is 0. The van der Waals surface area contributed by atoms with Crippen molar-refractivity contribution in [1.29, 1.82) is 0 Å². The van der Waals surface area contributed by atoms with Crippen molar-refractivity contribution >= 4 is 24.2 Å². The number of hydrogen-bond acceptors (Lipinski definition) is 1. The predicted octanol–water partition coefficient (Wildman–Crippen LogP) is 7.35. The lowest BCUT2D eigenvalue weighted by molar-refractivity contribution is 0.484. The Hall–Kier alpha value is -0.140. The average Bonchev–Trinajstić information content (AvgIpc) is 2.54. The van der Waals surface area contributed by atoms with Crippen LogP contribution in [0.5, 0.6) is 0 Å². The summed E-state index contributed by atoms with van der Waals surface area (Å²) in [5.74, 6) is 1.69. The SMILES string of the molecule is CCCCCCCCCCCC(CS)Cc1ccc(Cl)cc1. The van der Waals surface area contributed by atoms with Gasteiger partial charge in [0.05, 0.1) is 0 Å². The van der Waals surface area contributed by atoms with Crippen molar-refractivity contribution in [2.24, 2.45) is 5.92 Å². The predicted molar refractivity (Wildman–Crippen MR) is 104 cm³/mol. The second-order valence-electron chi connectivity index (χ2n) is 6.50. The maximum absolute atomic E-state index is 5.94. The summed E-state index contributed by atoms with van der Waals surface area (Å²) >= 11 is 10.5. The largest absolute Gasteiger partial charge is 0.179 e. The van der Waals surface area contributed by atoms with Gasteiger partial charge in [-0.25, -0.2) is 0 Å². The van der Waals surface area contributed by atoms with Gasteiger partial charge in [0.25, 0.3) is 0 Å². The first kappa shape index (κ1) is 19.9. The van der Waals surface area contributed by atoms with Gasteiger partial charge in [0.15, 0.2) is 0 Å². The van der Waals surface area contributed by atoms with Crippen LogP contribution in [0.2, 0.25) is 5.02 Å². The van der Waals surface area contributed by atoms with E-state index in [0.29, 0.717) is 5.92 Å². The fourth-order valence-corrected chi connectivity index (χ4v) is 3.39. The Kier molecular flexibility index (Phi) is 12.0. The van der Waals surface area contributed by atoms with Crippen molar-refractivity contribution in [3.05, 3.63) is 34.9 Å². The summed E-state index contributed by atoms with van der Waals surface area (Å²) in [6, 6.07) is 8.28. The molecule has 126 valence electrons. The first-order valence-electron chi connectivity index (χ1n) is 9.11. The molecule has 0 fully saturated rings. The standard InChI is InChI=1S/C20H33ClS/c1-2-3-4-5-6-7-8-9-10-11-19(17-22)16-18-12-14-20(21)15-13-18/h12-15,19,22H,2-11,16-17H2,1H3. The van der Waals surface area contributed by atoms with Gasteiger partial charge in [-0.1, -0.05) is 88.4 Å². The molecule has 2 heteroatoms. The Morgan fingerprint density at radius 1 is 0.864 bits per heavy atom. The van der Waals surface area contributed by atoms with Crippen LogP contribution < -0.4 is 0 Å². The maximum Gasteiger partial charge on any atom is 0.0406 e. The molecule has 1 aromatic rings. The van der Waals surface area contributed by atoms with E-state index in [1.807, 2.05) is 12.1 Å². The highest BCUT2D eigenvalue weighted by atomic mass is 35.5. The molecule has 0 amide bonds. The van der Waals surface area contributed by atoms with Crippen LogP contribution in [0, 0.1) is 5.92 Å². The second-order valence-corrected chi connectivity index (χ2v) is 7.30. The van der Waals surface area contributed by atoms with Crippen molar-refractivity contribution in [3.63, 3.8) is 0 Å². The van der Waals surface area contributed by atoms with E-state index in [-0.39, 0.29) is 0 Å². The molecule has 0 nitrogen and oxygen atoms in total. The Bertz CT molecular complexity index is 360. The molecule has 0 aliphatic rings. The first-order chi connectivity index (χ1) is 10.8. The minimum Gasteiger partial charge on any atom is -0.179 e. The van der Waals surface area contributed by atoms with Crippen LogP contribution >= 0.6 is 24.2 Å². The van der Waals surface area contributed by atoms with Gasteiger partial charge in [-0.2, -0.15) is 12.6 Å². The number of unbranched alkanes of at least 4 members (excludes halogenated alkanes) is 8. The van der Waals surface area contributed by atoms with E-state index in [2.05, 4.69) is 31.7 Å². The van der Waals surface area contributed by atoms with E-state index in [0.717, 1.165) is 17.2 Å². The van der Waals surface area contributed by atoms with Crippen LogP contribution in [-0.2, 0) is 6.42 Å². The Labute approximate surface area is 148 Å². The first-order valence-corrected chi connectivity index (χ1v) is 10.1. The van der Waals surface area contributed by atoms with Gasteiger partial charge in [-0.3, -0.25) is 0 Å². The lowest BCUT2D eigenvalue weighted by Crippen LogP contribution is -2.06. The summed E-state index contributed by atoms with van der Waals surface area (Å²) < 4.78 is 0. The normalized spacial score (nSPS) is 12.5. The van der Waals surface area contributed by atoms with E-state index in [4.69, 9.17) is 11.6 Å². The third-order valence-electron chi connectivity index (χ3n) is 4.41. The number of halogens is 1.